The largest absolute Gasteiger partial charge is 0.461 e. The SMILES string of the molecule is CCNc1nc(OC(C)C)nc(N2C(C)CCC2CC)n1. The van der Waals surface area contributed by atoms with Crippen LogP contribution in [0.25, 0.3) is 0 Å². The Kier molecular flexibility index (Phi) is 5.20. The maximum Gasteiger partial charge on any atom is 0.323 e. The van der Waals surface area contributed by atoms with Gasteiger partial charge < -0.3 is 15.0 Å². The predicted octanol–water partition coefficient (Wildman–Crippen LogP) is 2.86. The summed E-state index contributed by atoms with van der Waals surface area (Å²) in [7, 11) is 0. The lowest BCUT2D eigenvalue weighted by atomic mass is 10.2. The highest BCUT2D eigenvalue weighted by Gasteiger charge is 2.32. The Labute approximate surface area is 127 Å². The van der Waals surface area contributed by atoms with Crippen molar-refractivity contribution in [3.63, 3.8) is 0 Å². The van der Waals surface area contributed by atoms with Gasteiger partial charge in [0.05, 0.1) is 6.10 Å². The standard InChI is InChI=1S/C15H27N5O/c1-6-12-9-8-11(5)20(12)14-17-13(16-7-2)18-15(19-14)21-10(3)4/h10-12H,6-9H2,1-5H3,(H,16,17,18,19). The van der Waals surface area contributed by atoms with E-state index >= 15 is 0 Å². The number of nitrogens with zero attached hydrogens (tertiary/aromatic N) is 4. The third-order valence-corrected chi connectivity index (χ3v) is 3.77. The summed E-state index contributed by atoms with van der Waals surface area (Å²) in [6, 6.07) is 1.36. The summed E-state index contributed by atoms with van der Waals surface area (Å²) >= 11 is 0. The van der Waals surface area contributed by atoms with Crippen molar-refractivity contribution < 1.29 is 4.74 Å². The van der Waals surface area contributed by atoms with Crippen molar-refractivity contribution in [1.82, 2.24) is 15.0 Å². The van der Waals surface area contributed by atoms with E-state index in [2.05, 4.69) is 39.0 Å². The maximum absolute atomic E-state index is 5.68. The van der Waals surface area contributed by atoms with Gasteiger partial charge in [-0.05, 0) is 47.0 Å². The first-order valence-corrected chi connectivity index (χ1v) is 8.00. The average molecular weight is 293 g/mol. The van der Waals surface area contributed by atoms with Crippen LogP contribution in [-0.2, 0) is 0 Å². The highest BCUT2D eigenvalue weighted by molar-refractivity contribution is 5.41. The van der Waals surface area contributed by atoms with Crippen molar-refractivity contribution >= 4 is 11.9 Å². The fourth-order valence-electron chi connectivity index (χ4n) is 2.79. The number of hydrogen-bond donors (Lipinski definition) is 1. The third-order valence-electron chi connectivity index (χ3n) is 3.77. The van der Waals surface area contributed by atoms with E-state index in [4.69, 9.17) is 4.74 Å². The summed E-state index contributed by atoms with van der Waals surface area (Å²) in [5.41, 5.74) is 0. The molecule has 2 atom stereocenters. The first-order valence-electron chi connectivity index (χ1n) is 8.00. The molecule has 1 N–H and O–H groups in total. The van der Waals surface area contributed by atoms with Gasteiger partial charge in [-0.2, -0.15) is 15.0 Å². The average Bonchev–Trinajstić information content (AvgIpc) is 2.79. The van der Waals surface area contributed by atoms with Crippen LogP contribution in [0.1, 0.15) is 53.9 Å². The minimum atomic E-state index is 0.0488. The van der Waals surface area contributed by atoms with Crippen molar-refractivity contribution in [2.24, 2.45) is 0 Å². The Morgan fingerprint density at radius 1 is 1.24 bits per heavy atom. The van der Waals surface area contributed by atoms with Crippen LogP contribution in [-0.4, -0.2) is 39.7 Å². The van der Waals surface area contributed by atoms with E-state index in [0.717, 1.165) is 18.9 Å². The van der Waals surface area contributed by atoms with E-state index in [0.29, 0.717) is 24.0 Å². The molecule has 1 aromatic heterocycles. The van der Waals surface area contributed by atoms with Crippen LogP contribution in [0, 0.1) is 0 Å². The molecule has 0 bridgehead atoms. The Morgan fingerprint density at radius 2 is 2.00 bits per heavy atom. The van der Waals surface area contributed by atoms with Crippen molar-refractivity contribution in [2.75, 3.05) is 16.8 Å². The van der Waals surface area contributed by atoms with Crippen LogP contribution in [0.5, 0.6) is 6.01 Å². The third kappa shape index (κ3) is 3.74. The second kappa shape index (κ2) is 6.91. The lowest BCUT2D eigenvalue weighted by Gasteiger charge is -2.28. The van der Waals surface area contributed by atoms with Crippen molar-refractivity contribution in [1.29, 1.82) is 0 Å². The molecule has 1 aliphatic heterocycles. The van der Waals surface area contributed by atoms with Crippen molar-refractivity contribution in [2.45, 2.75) is 72.1 Å². The van der Waals surface area contributed by atoms with Crippen molar-refractivity contribution in [3.8, 4) is 6.01 Å². The fourth-order valence-corrected chi connectivity index (χ4v) is 2.79. The van der Waals surface area contributed by atoms with E-state index in [1.54, 1.807) is 0 Å². The highest BCUT2D eigenvalue weighted by Crippen LogP contribution is 2.30. The van der Waals surface area contributed by atoms with Gasteiger partial charge >= 0.3 is 6.01 Å². The molecule has 6 heteroatoms. The molecule has 0 spiro atoms. The summed E-state index contributed by atoms with van der Waals surface area (Å²) in [5, 5.41) is 3.16. The molecule has 21 heavy (non-hydrogen) atoms. The summed E-state index contributed by atoms with van der Waals surface area (Å²) in [6.07, 6.45) is 3.53. The normalized spacial score (nSPS) is 21.9. The van der Waals surface area contributed by atoms with Gasteiger partial charge in [-0.3, -0.25) is 0 Å². The Hall–Kier alpha value is -1.59. The van der Waals surface area contributed by atoms with Crippen LogP contribution < -0.4 is 15.0 Å². The first-order chi connectivity index (χ1) is 10.0. The van der Waals surface area contributed by atoms with Gasteiger partial charge in [0.1, 0.15) is 0 Å². The second-order valence-corrected chi connectivity index (χ2v) is 5.83. The monoisotopic (exact) mass is 293 g/mol. The van der Waals surface area contributed by atoms with Gasteiger partial charge in [-0.15, -0.1) is 0 Å². The lowest BCUT2D eigenvalue weighted by molar-refractivity contribution is 0.222. The number of rotatable bonds is 6. The highest BCUT2D eigenvalue weighted by atomic mass is 16.5. The van der Waals surface area contributed by atoms with E-state index < -0.39 is 0 Å². The zero-order chi connectivity index (χ0) is 15.4. The fraction of sp³-hybridized carbons (Fsp3) is 0.800. The maximum atomic E-state index is 5.68. The number of anilines is 2. The van der Waals surface area contributed by atoms with Crippen LogP contribution in [0.4, 0.5) is 11.9 Å². The van der Waals surface area contributed by atoms with Gasteiger partial charge in [-0.1, -0.05) is 6.92 Å². The molecule has 1 aromatic rings. The molecule has 118 valence electrons. The second-order valence-electron chi connectivity index (χ2n) is 5.83. The quantitative estimate of drug-likeness (QED) is 0.870. The molecular formula is C15H27N5O. The molecule has 6 nitrogen and oxygen atoms in total. The summed E-state index contributed by atoms with van der Waals surface area (Å²) in [5.74, 6) is 1.32. The Morgan fingerprint density at radius 3 is 2.62 bits per heavy atom. The number of aromatic nitrogens is 3. The summed E-state index contributed by atoms with van der Waals surface area (Å²) in [4.78, 5) is 15.7. The summed E-state index contributed by atoms with van der Waals surface area (Å²) < 4.78 is 5.68. The minimum absolute atomic E-state index is 0.0488. The molecule has 2 unspecified atom stereocenters. The zero-order valence-corrected chi connectivity index (χ0v) is 13.8. The van der Waals surface area contributed by atoms with Crippen LogP contribution >= 0.6 is 0 Å². The minimum Gasteiger partial charge on any atom is -0.461 e. The lowest BCUT2D eigenvalue weighted by Crippen LogP contribution is -2.36. The number of nitrogens with one attached hydrogen (secondary N) is 1. The number of ether oxygens (including phenoxy) is 1. The molecule has 0 amide bonds. The topological polar surface area (TPSA) is 63.2 Å². The summed E-state index contributed by atoms with van der Waals surface area (Å²) in [6.45, 7) is 11.2. The van der Waals surface area contributed by atoms with Crippen molar-refractivity contribution in [3.05, 3.63) is 0 Å². The Bertz CT molecular complexity index is 465. The smallest absolute Gasteiger partial charge is 0.323 e. The zero-order valence-electron chi connectivity index (χ0n) is 13.8. The molecule has 0 radical (unpaired) electrons. The molecule has 1 fully saturated rings. The van der Waals surface area contributed by atoms with E-state index in [9.17, 15) is 0 Å². The molecule has 1 aliphatic rings. The van der Waals surface area contributed by atoms with E-state index in [1.807, 2.05) is 20.8 Å². The molecule has 2 rings (SSSR count). The van der Waals surface area contributed by atoms with Gasteiger partial charge in [0.25, 0.3) is 0 Å². The number of hydrogen-bond acceptors (Lipinski definition) is 6. The molecule has 0 aromatic carbocycles. The van der Waals surface area contributed by atoms with Gasteiger partial charge in [-0.25, -0.2) is 0 Å². The molecule has 0 saturated carbocycles. The van der Waals surface area contributed by atoms with E-state index in [1.165, 1.54) is 12.8 Å². The molecular weight excluding hydrogens is 266 g/mol. The van der Waals surface area contributed by atoms with Gasteiger partial charge in [0.15, 0.2) is 0 Å². The van der Waals surface area contributed by atoms with Crippen LogP contribution in [0.2, 0.25) is 0 Å². The molecule has 0 aliphatic carbocycles. The first kappa shape index (κ1) is 15.8. The van der Waals surface area contributed by atoms with E-state index in [-0.39, 0.29) is 6.10 Å². The van der Waals surface area contributed by atoms with Gasteiger partial charge in [0.2, 0.25) is 11.9 Å². The Balaban J connectivity index is 2.34. The van der Waals surface area contributed by atoms with Gasteiger partial charge in [0, 0.05) is 18.6 Å². The van der Waals surface area contributed by atoms with Crippen LogP contribution in [0.3, 0.4) is 0 Å². The predicted molar refractivity (Wildman–Crippen MR) is 85.0 cm³/mol. The molecule has 1 saturated heterocycles. The van der Waals surface area contributed by atoms with Crippen LogP contribution in [0.15, 0.2) is 0 Å². The molecule has 2 heterocycles.